The van der Waals surface area contributed by atoms with Gasteiger partial charge in [-0.2, -0.15) is 10.1 Å². The molecule has 0 saturated carbocycles. The van der Waals surface area contributed by atoms with E-state index in [9.17, 15) is 9.59 Å². The maximum atomic E-state index is 12.6. The van der Waals surface area contributed by atoms with Crippen LogP contribution in [0.4, 0.5) is 23.1 Å². The van der Waals surface area contributed by atoms with Gasteiger partial charge in [0.05, 0.1) is 6.20 Å². The summed E-state index contributed by atoms with van der Waals surface area (Å²) in [5, 5.41) is 19.1. The average Bonchev–Trinajstić information content (AvgIpc) is 2.85. The number of nitrogens with two attached hydrogens (primary N) is 1. The molecule has 5 rings (SSSR count). The summed E-state index contributed by atoms with van der Waals surface area (Å²) in [5.74, 6) is 0.511. The summed E-state index contributed by atoms with van der Waals surface area (Å²) in [5.41, 5.74) is 8.07. The molecule has 2 aliphatic heterocycles. The molecule has 2 aromatic heterocycles. The van der Waals surface area contributed by atoms with E-state index in [0.717, 1.165) is 63.2 Å². The Labute approximate surface area is 202 Å². The van der Waals surface area contributed by atoms with Crippen molar-refractivity contribution in [1.29, 1.82) is 0 Å². The highest BCUT2D eigenvalue weighted by molar-refractivity contribution is 5.90. The zero-order valence-electron chi connectivity index (χ0n) is 19.5. The number of aliphatic carboxylic acids is 1. The number of carboxylic acid groups (broad SMARTS) is 1. The van der Waals surface area contributed by atoms with Crippen molar-refractivity contribution in [2.24, 2.45) is 11.7 Å². The second kappa shape index (κ2) is 9.87. The van der Waals surface area contributed by atoms with Gasteiger partial charge in [0.1, 0.15) is 16.7 Å². The van der Waals surface area contributed by atoms with Crippen LogP contribution in [0, 0.1) is 5.92 Å². The average molecular weight is 479 g/mol. The van der Waals surface area contributed by atoms with Crippen molar-refractivity contribution in [2.45, 2.75) is 38.1 Å². The number of rotatable bonds is 6. The van der Waals surface area contributed by atoms with Crippen LogP contribution in [0.5, 0.6) is 0 Å². The largest absolute Gasteiger partial charge is 0.481 e. The Morgan fingerprint density at radius 1 is 1.06 bits per heavy atom. The van der Waals surface area contributed by atoms with Crippen LogP contribution >= 0.6 is 0 Å². The summed E-state index contributed by atoms with van der Waals surface area (Å²) >= 11 is 0. The Hall–Kier alpha value is -3.73. The second-order valence-corrected chi connectivity index (χ2v) is 9.36. The minimum absolute atomic E-state index is 0.190. The molecule has 3 aromatic rings. The predicted molar refractivity (Wildman–Crippen MR) is 134 cm³/mol. The zero-order valence-corrected chi connectivity index (χ0v) is 19.5. The molecule has 0 atom stereocenters. The zero-order chi connectivity index (χ0) is 24.4. The lowest BCUT2D eigenvalue weighted by molar-refractivity contribution is -0.138. The lowest BCUT2D eigenvalue weighted by atomic mass is 9.93. The molecule has 4 heterocycles. The van der Waals surface area contributed by atoms with Crippen molar-refractivity contribution in [3.8, 4) is 0 Å². The monoisotopic (exact) mass is 478 g/mol. The fourth-order valence-corrected chi connectivity index (χ4v) is 4.86. The fourth-order valence-electron chi connectivity index (χ4n) is 4.86. The predicted octanol–water partition coefficient (Wildman–Crippen LogP) is 2.08. The topological polar surface area (TPSA) is 153 Å². The number of anilines is 4. The van der Waals surface area contributed by atoms with Crippen molar-refractivity contribution in [1.82, 2.24) is 20.2 Å². The summed E-state index contributed by atoms with van der Waals surface area (Å²) in [6.45, 7) is 3.21. The van der Waals surface area contributed by atoms with E-state index >= 15 is 0 Å². The Morgan fingerprint density at radius 3 is 2.43 bits per heavy atom. The number of aromatic amines is 1. The van der Waals surface area contributed by atoms with Crippen molar-refractivity contribution < 1.29 is 9.90 Å². The van der Waals surface area contributed by atoms with Gasteiger partial charge in [-0.15, -0.1) is 0 Å². The molecule has 35 heavy (non-hydrogen) atoms. The van der Waals surface area contributed by atoms with Gasteiger partial charge in [0.2, 0.25) is 5.95 Å². The molecule has 2 fully saturated rings. The third kappa shape index (κ3) is 5.19. The summed E-state index contributed by atoms with van der Waals surface area (Å²) in [4.78, 5) is 37.2. The number of hydrogen-bond donors (Lipinski definition) is 4. The molecular weight excluding hydrogens is 448 g/mol. The summed E-state index contributed by atoms with van der Waals surface area (Å²) in [6.07, 6.45) is 5.27. The Bertz CT molecular complexity index is 1250. The van der Waals surface area contributed by atoms with Crippen LogP contribution in [-0.2, 0) is 4.79 Å². The lowest BCUT2D eigenvalue weighted by Crippen LogP contribution is -2.40. The number of H-pyrrole nitrogens is 1. The van der Waals surface area contributed by atoms with E-state index < -0.39 is 5.97 Å². The fraction of sp³-hybridized carbons (Fsp3) is 0.458. The van der Waals surface area contributed by atoms with Gasteiger partial charge in [0.25, 0.3) is 5.56 Å². The van der Waals surface area contributed by atoms with Gasteiger partial charge in [-0.3, -0.25) is 9.59 Å². The summed E-state index contributed by atoms with van der Waals surface area (Å²) in [7, 11) is 0. The van der Waals surface area contributed by atoms with E-state index in [1.807, 2.05) is 24.3 Å². The Balaban J connectivity index is 1.35. The van der Waals surface area contributed by atoms with Gasteiger partial charge < -0.3 is 26.0 Å². The highest BCUT2D eigenvalue weighted by Crippen LogP contribution is 2.29. The first kappa shape index (κ1) is 23.0. The highest BCUT2D eigenvalue weighted by atomic mass is 16.4. The van der Waals surface area contributed by atoms with Gasteiger partial charge in [0, 0.05) is 50.0 Å². The van der Waals surface area contributed by atoms with Crippen LogP contribution in [0.25, 0.3) is 10.9 Å². The van der Waals surface area contributed by atoms with Crippen LogP contribution in [0.2, 0.25) is 0 Å². The molecule has 184 valence electrons. The van der Waals surface area contributed by atoms with Crippen LogP contribution in [0.15, 0.2) is 35.3 Å². The normalized spacial score (nSPS) is 17.6. The van der Waals surface area contributed by atoms with Crippen LogP contribution < -0.4 is 26.4 Å². The van der Waals surface area contributed by atoms with Gasteiger partial charge in [-0.05, 0) is 55.9 Å². The SMILES string of the molecule is NC1CCN(c2nc(Nc3ccc(N4CCC(CC(=O)O)CC4)cc3)c3c(=O)[nH]ncc3n2)CC1. The standard InChI is InChI=1S/C24H30N8O3/c25-16-7-11-32(12-8-16)24-28-19-14-26-30-23(35)21(19)22(29-24)27-17-1-3-18(4-2-17)31-9-5-15(6-10-31)13-20(33)34/h1-4,14-16H,5-13,25H2,(H,30,35)(H,33,34)(H,27,28,29). The Kier molecular flexibility index (Phi) is 6.49. The van der Waals surface area contributed by atoms with Gasteiger partial charge in [-0.25, -0.2) is 10.1 Å². The molecule has 0 bridgehead atoms. The first-order valence-electron chi connectivity index (χ1n) is 12.1. The van der Waals surface area contributed by atoms with Crippen molar-refractivity contribution >= 4 is 40.0 Å². The van der Waals surface area contributed by atoms with Crippen molar-refractivity contribution in [2.75, 3.05) is 41.3 Å². The third-order valence-corrected chi connectivity index (χ3v) is 6.90. The minimum atomic E-state index is -0.724. The third-order valence-electron chi connectivity index (χ3n) is 6.90. The van der Waals surface area contributed by atoms with Gasteiger partial charge >= 0.3 is 5.97 Å². The van der Waals surface area contributed by atoms with E-state index in [2.05, 4.69) is 30.3 Å². The van der Waals surface area contributed by atoms with Gasteiger partial charge in [0.15, 0.2) is 0 Å². The number of benzene rings is 1. The number of hydrogen-bond acceptors (Lipinski definition) is 9. The maximum Gasteiger partial charge on any atom is 0.303 e. The van der Waals surface area contributed by atoms with Crippen molar-refractivity contribution in [3.05, 3.63) is 40.8 Å². The smallest absolute Gasteiger partial charge is 0.303 e. The molecule has 11 heteroatoms. The second-order valence-electron chi connectivity index (χ2n) is 9.36. The van der Waals surface area contributed by atoms with E-state index in [1.54, 1.807) is 6.20 Å². The molecule has 11 nitrogen and oxygen atoms in total. The number of fused-ring (bicyclic) bond motifs is 1. The number of carboxylic acids is 1. The molecule has 2 aliphatic rings. The van der Waals surface area contributed by atoms with E-state index in [4.69, 9.17) is 15.8 Å². The first-order valence-corrected chi connectivity index (χ1v) is 12.1. The molecule has 0 radical (unpaired) electrons. The molecule has 0 unspecified atom stereocenters. The molecule has 1 aromatic carbocycles. The first-order chi connectivity index (χ1) is 17.0. The molecule has 0 amide bonds. The van der Waals surface area contributed by atoms with E-state index in [0.29, 0.717) is 22.7 Å². The summed E-state index contributed by atoms with van der Waals surface area (Å²) in [6, 6.07) is 8.17. The maximum absolute atomic E-state index is 12.6. The quantitative estimate of drug-likeness (QED) is 0.414. The molecule has 0 spiro atoms. The van der Waals surface area contributed by atoms with Crippen LogP contribution in [0.3, 0.4) is 0 Å². The minimum Gasteiger partial charge on any atom is -0.481 e. The molecule has 5 N–H and O–H groups in total. The number of nitrogens with one attached hydrogen (secondary N) is 2. The number of piperidine rings is 2. The summed E-state index contributed by atoms with van der Waals surface area (Å²) < 4.78 is 0. The van der Waals surface area contributed by atoms with Crippen LogP contribution in [0.1, 0.15) is 32.1 Å². The highest BCUT2D eigenvalue weighted by Gasteiger charge is 2.23. The number of carbonyl (C=O) groups is 1. The molecule has 2 saturated heterocycles. The number of nitrogens with zero attached hydrogens (tertiary/aromatic N) is 5. The van der Waals surface area contributed by atoms with E-state index in [-0.39, 0.29) is 23.9 Å². The number of aromatic nitrogens is 4. The molecule has 0 aliphatic carbocycles. The molecular formula is C24H30N8O3. The lowest BCUT2D eigenvalue weighted by Gasteiger charge is -2.33. The van der Waals surface area contributed by atoms with E-state index in [1.165, 1.54) is 0 Å². The van der Waals surface area contributed by atoms with Crippen LogP contribution in [-0.4, -0.2) is 63.5 Å². The van der Waals surface area contributed by atoms with Gasteiger partial charge in [-0.1, -0.05) is 0 Å². The van der Waals surface area contributed by atoms with Crippen molar-refractivity contribution in [3.63, 3.8) is 0 Å². The Morgan fingerprint density at radius 2 is 1.74 bits per heavy atom.